The van der Waals surface area contributed by atoms with Crippen molar-refractivity contribution in [1.29, 1.82) is 0 Å². The zero-order valence-corrected chi connectivity index (χ0v) is 20.2. The van der Waals surface area contributed by atoms with Gasteiger partial charge in [0.1, 0.15) is 11.2 Å². The molecule has 3 rings (SSSR count). The Bertz CT molecular complexity index is 1020. The van der Waals surface area contributed by atoms with Gasteiger partial charge in [-0.1, -0.05) is 30.3 Å². The van der Waals surface area contributed by atoms with E-state index in [2.05, 4.69) is 0 Å². The van der Waals surface area contributed by atoms with Crippen LogP contribution in [0.15, 0.2) is 54.6 Å². The zero-order valence-electron chi connectivity index (χ0n) is 20.2. The van der Waals surface area contributed by atoms with Gasteiger partial charge in [0.2, 0.25) is 0 Å². The number of nitro benzene ring substituents is 1. The number of nitro groups is 1. The van der Waals surface area contributed by atoms with Crippen molar-refractivity contribution in [2.45, 2.75) is 70.6 Å². The number of benzene rings is 2. The normalized spacial score (nSPS) is 17.6. The molecule has 1 amide bonds. The number of ether oxygens (including phenoxy) is 2. The Kier molecular flexibility index (Phi) is 7.59. The molecule has 34 heavy (non-hydrogen) atoms. The van der Waals surface area contributed by atoms with Gasteiger partial charge in [0.15, 0.2) is 0 Å². The van der Waals surface area contributed by atoms with Crippen LogP contribution in [-0.4, -0.2) is 40.1 Å². The fourth-order valence-corrected chi connectivity index (χ4v) is 4.17. The zero-order chi connectivity index (χ0) is 24.9. The van der Waals surface area contributed by atoms with Crippen molar-refractivity contribution in [3.8, 4) is 0 Å². The Morgan fingerprint density at radius 3 is 2.26 bits per heavy atom. The quantitative estimate of drug-likeness (QED) is 0.287. The maximum absolute atomic E-state index is 13.0. The Balaban J connectivity index is 1.76. The van der Waals surface area contributed by atoms with Gasteiger partial charge >= 0.3 is 12.1 Å². The van der Waals surface area contributed by atoms with E-state index in [1.165, 1.54) is 24.3 Å². The van der Waals surface area contributed by atoms with Gasteiger partial charge in [-0.2, -0.15) is 0 Å². The molecular formula is C26H32N2O6. The first-order valence-corrected chi connectivity index (χ1v) is 11.5. The lowest BCUT2D eigenvalue weighted by Crippen LogP contribution is -2.41. The number of hydrogen-bond acceptors (Lipinski definition) is 6. The Labute approximate surface area is 200 Å². The van der Waals surface area contributed by atoms with E-state index in [-0.39, 0.29) is 23.4 Å². The number of amides is 1. The first-order chi connectivity index (χ1) is 16.0. The smallest absolute Gasteiger partial charge is 0.410 e. The number of carbonyl (C=O) groups excluding carboxylic acids is 2. The monoisotopic (exact) mass is 468 g/mol. The highest BCUT2D eigenvalue weighted by molar-refractivity contribution is 5.90. The van der Waals surface area contributed by atoms with Crippen LogP contribution in [0.5, 0.6) is 0 Å². The second kappa shape index (κ2) is 10.2. The van der Waals surface area contributed by atoms with E-state index in [9.17, 15) is 19.7 Å². The molecule has 0 bridgehead atoms. The summed E-state index contributed by atoms with van der Waals surface area (Å²) in [5.41, 5.74) is -0.521. The minimum absolute atomic E-state index is 0.00374. The van der Waals surface area contributed by atoms with E-state index in [4.69, 9.17) is 9.47 Å². The van der Waals surface area contributed by atoms with Crippen molar-refractivity contribution in [2.75, 3.05) is 6.54 Å². The third-order valence-corrected chi connectivity index (χ3v) is 5.98. The molecule has 182 valence electrons. The number of carbonyl (C=O) groups is 2. The van der Waals surface area contributed by atoms with Crippen LogP contribution in [0.2, 0.25) is 0 Å². The maximum atomic E-state index is 13.0. The number of esters is 1. The standard InChI is InChI=1S/C26H32N2O6/c1-25(2,3)34-24(30)27-18-8-11-21(27)16-17-26(4,20-9-6-5-7-10-20)33-23(29)19-12-14-22(15-13-19)28(31)32/h5-7,9-10,12-15,21H,8,11,16-18H2,1-4H3. The fourth-order valence-electron chi connectivity index (χ4n) is 4.17. The van der Waals surface area contributed by atoms with Crippen molar-refractivity contribution in [1.82, 2.24) is 4.90 Å². The molecule has 2 aromatic carbocycles. The number of non-ortho nitro benzene ring substituents is 1. The molecule has 8 nitrogen and oxygen atoms in total. The second-order valence-electron chi connectivity index (χ2n) is 9.80. The van der Waals surface area contributed by atoms with Gasteiger partial charge in [-0.25, -0.2) is 9.59 Å². The van der Waals surface area contributed by atoms with Crippen LogP contribution in [0.25, 0.3) is 0 Å². The molecule has 0 spiro atoms. The molecule has 1 aliphatic heterocycles. The number of likely N-dealkylation sites (tertiary alicyclic amines) is 1. The summed E-state index contributed by atoms with van der Waals surface area (Å²) in [6.07, 6.45) is 2.58. The number of nitrogens with zero attached hydrogens (tertiary/aromatic N) is 2. The Hall–Kier alpha value is -3.42. The molecule has 2 aromatic rings. The van der Waals surface area contributed by atoms with Gasteiger partial charge in [0.05, 0.1) is 10.5 Å². The summed E-state index contributed by atoms with van der Waals surface area (Å²) in [5.74, 6) is -0.559. The summed E-state index contributed by atoms with van der Waals surface area (Å²) >= 11 is 0. The van der Waals surface area contributed by atoms with Crippen LogP contribution >= 0.6 is 0 Å². The predicted octanol–water partition coefficient (Wildman–Crippen LogP) is 5.85. The molecule has 2 atom stereocenters. The highest BCUT2D eigenvalue weighted by atomic mass is 16.6. The van der Waals surface area contributed by atoms with E-state index in [0.29, 0.717) is 19.4 Å². The lowest BCUT2D eigenvalue weighted by molar-refractivity contribution is -0.384. The minimum atomic E-state index is -0.942. The van der Waals surface area contributed by atoms with Gasteiger partial charge in [0, 0.05) is 24.7 Å². The van der Waals surface area contributed by atoms with Crippen molar-refractivity contribution in [3.63, 3.8) is 0 Å². The lowest BCUT2D eigenvalue weighted by Gasteiger charge is -2.33. The van der Waals surface area contributed by atoms with Gasteiger partial charge in [-0.05, 0) is 71.1 Å². The molecule has 1 saturated heterocycles. The molecule has 1 fully saturated rings. The first kappa shape index (κ1) is 25.2. The number of hydrogen-bond donors (Lipinski definition) is 0. The molecule has 1 aliphatic rings. The maximum Gasteiger partial charge on any atom is 0.410 e. The summed E-state index contributed by atoms with van der Waals surface area (Å²) in [5, 5.41) is 10.9. The molecule has 0 N–H and O–H groups in total. The average molecular weight is 469 g/mol. The van der Waals surface area contributed by atoms with Crippen molar-refractivity contribution < 1.29 is 24.0 Å². The van der Waals surface area contributed by atoms with Gasteiger partial charge in [-0.3, -0.25) is 10.1 Å². The van der Waals surface area contributed by atoms with E-state index in [1.54, 1.807) is 4.90 Å². The molecule has 1 heterocycles. The third kappa shape index (κ3) is 6.34. The molecule has 0 radical (unpaired) electrons. The van der Waals surface area contributed by atoms with E-state index in [1.807, 2.05) is 58.0 Å². The fraction of sp³-hybridized carbons (Fsp3) is 0.462. The van der Waals surface area contributed by atoms with E-state index >= 15 is 0 Å². The van der Waals surface area contributed by atoms with Crippen molar-refractivity contribution >= 4 is 17.7 Å². The van der Waals surface area contributed by atoms with E-state index in [0.717, 1.165) is 18.4 Å². The van der Waals surface area contributed by atoms with Crippen LogP contribution in [0, 0.1) is 10.1 Å². The van der Waals surface area contributed by atoms with Gasteiger partial charge in [0.25, 0.3) is 5.69 Å². The van der Waals surface area contributed by atoms with Crippen LogP contribution < -0.4 is 0 Å². The van der Waals surface area contributed by atoms with Crippen molar-refractivity contribution in [2.24, 2.45) is 0 Å². The van der Waals surface area contributed by atoms with Crippen molar-refractivity contribution in [3.05, 3.63) is 75.8 Å². The summed E-state index contributed by atoms with van der Waals surface area (Å²) in [6.45, 7) is 8.04. The summed E-state index contributed by atoms with van der Waals surface area (Å²) in [6, 6.07) is 14.8. The Morgan fingerprint density at radius 1 is 1.03 bits per heavy atom. The van der Waals surface area contributed by atoms with E-state index < -0.39 is 22.1 Å². The average Bonchev–Trinajstić information content (AvgIpc) is 3.26. The number of rotatable bonds is 7. The summed E-state index contributed by atoms with van der Waals surface area (Å²) in [7, 11) is 0. The minimum Gasteiger partial charge on any atom is -0.451 e. The topological polar surface area (TPSA) is 99.0 Å². The molecule has 0 saturated carbocycles. The summed E-state index contributed by atoms with van der Waals surface area (Å²) in [4.78, 5) is 37.8. The first-order valence-electron chi connectivity index (χ1n) is 11.5. The van der Waals surface area contributed by atoms with Gasteiger partial charge < -0.3 is 14.4 Å². The van der Waals surface area contributed by atoms with Crippen LogP contribution in [0.3, 0.4) is 0 Å². The highest BCUT2D eigenvalue weighted by Gasteiger charge is 2.37. The Morgan fingerprint density at radius 2 is 1.68 bits per heavy atom. The van der Waals surface area contributed by atoms with Crippen LogP contribution in [-0.2, 0) is 15.1 Å². The highest BCUT2D eigenvalue weighted by Crippen LogP contribution is 2.35. The predicted molar refractivity (Wildman–Crippen MR) is 128 cm³/mol. The molecule has 2 unspecified atom stereocenters. The largest absolute Gasteiger partial charge is 0.451 e. The second-order valence-corrected chi connectivity index (χ2v) is 9.80. The third-order valence-electron chi connectivity index (χ3n) is 5.98. The van der Waals surface area contributed by atoms with Crippen LogP contribution in [0.1, 0.15) is 69.3 Å². The van der Waals surface area contributed by atoms with Crippen LogP contribution in [0.4, 0.5) is 10.5 Å². The molecule has 0 aromatic heterocycles. The van der Waals surface area contributed by atoms with Gasteiger partial charge in [-0.15, -0.1) is 0 Å². The molecule has 0 aliphatic carbocycles. The lowest BCUT2D eigenvalue weighted by atomic mass is 9.88. The SMILES string of the molecule is CC(C)(C)OC(=O)N1CCCC1CCC(C)(OC(=O)c1ccc([N+](=O)[O-])cc1)c1ccccc1. The molecular weight excluding hydrogens is 436 g/mol. The molecule has 8 heteroatoms. The summed E-state index contributed by atoms with van der Waals surface area (Å²) < 4.78 is 11.6.